The van der Waals surface area contributed by atoms with E-state index in [0.29, 0.717) is 23.7 Å². The van der Waals surface area contributed by atoms with Crippen molar-refractivity contribution in [1.82, 2.24) is 20.1 Å². The Balaban J connectivity index is 1.58. The van der Waals surface area contributed by atoms with Crippen LogP contribution in [0.3, 0.4) is 0 Å². The van der Waals surface area contributed by atoms with E-state index in [-0.39, 0.29) is 17.7 Å². The number of aromatic nitrogens is 3. The summed E-state index contributed by atoms with van der Waals surface area (Å²) in [4.78, 5) is 29.4. The van der Waals surface area contributed by atoms with Crippen LogP contribution in [0, 0.1) is 5.92 Å². The number of hydrogen-bond acceptors (Lipinski definition) is 5. The van der Waals surface area contributed by atoms with E-state index in [1.165, 1.54) is 0 Å². The lowest BCUT2D eigenvalue weighted by molar-refractivity contribution is -0.118. The lowest BCUT2D eigenvalue weighted by atomic mass is 10.0. The number of anilines is 1. The third-order valence-corrected chi connectivity index (χ3v) is 4.86. The summed E-state index contributed by atoms with van der Waals surface area (Å²) in [6.45, 7) is 4.44. The molecule has 1 atom stereocenters. The summed E-state index contributed by atoms with van der Waals surface area (Å²) in [6.07, 6.45) is 6.15. The SMILES string of the molecule is COc1ccc(C(=O)NC(C(=O)Nc2ccn(CCc3ccncc3)n2)C(C)C)cc1. The second-order valence-corrected chi connectivity index (χ2v) is 7.48. The molecule has 0 aliphatic heterocycles. The molecule has 0 saturated carbocycles. The zero-order valence-electron chi connectivity index (χ0n) is 17.9. The van der Waals surface area contributed by atoms with Gasteiger partial charge in [0.15, 0.2) is 5.82 Å². The molecule has 162 valence electrons. The van der Waals surface area contributed by atoms with Crippen molar-refractivity contribution in [3.63, 3.8) is 0 Å². The maximum Gasteiger partial charge on any atom is 0.251 e. The molecular formula is C23H27N5O3. The molecule has 3 rings (SSSR count). The van der Waals surface area contributed by atoms with Gasteiger partial charge in [-0.2, -0.15) is 5.10 Å². The van der Waals surface area contributed by atoms with Crippen molar-refractivity contribution >= 4 is 17.6 Å². The van der Waals surface area contributed by atoms with E-state index >= 15 is 0 Å². The predicted molar refractivity (Wildman–Crippen MR) is 118 cm³/mol. The zero-order valence-corrected chi connectivity index (χ0v) is 17.9. The Morgan fingerprint density at radius 1 is 1.06 bits per heavy atom. The Morgan fingerprint density at radius 3 is 2.42 bits per heavy atom. The number of nitrogens with one attached hydrogen (secondary N) is 2. The number of carbonyl (C=O) groups excluding carboxylic acids is 2. The molecule has 31 heavy (non-hydrogen) atoms. The minimum Gasteiger partial charge on any atom is -0.497 e. The molecular weight excluding hydrogens is 394 g/mol. The molecule has 0 aliphatic rings. The van der Waals surface area contributed by atoms with Crippen molar-refractivity contribution < 1.29 is 14.3 Å². The number of ether oxygens (including phenoxy) is 1. The Kier molecular flexibility index (Phi) is 7.37. The maximum absolute atomic E-state index is 12.8. The number of aryl methyl sites for hydroxylation is 2. The molecule has 2 amide bonds. The average Bonchev–Trinajstić information content (AvgIpc) is 3.23. The molecule has 2 heterocycles. The summed E-state index contributed by atoms with van der Waals surface area (Å²) in [6, 6.07) is 11.7. The van der Waals surface area contributed by atoms with E-state index in [9.17, 15) is 9.59 Å². The van der Waals surface area contributed by atoms with Gasteiger partial charge in [-0.15, -0.1) is 0 Å². The first-order valence-electron chi connectivity index (χ1n) is 10.1. The summed E-state index contributed by atoms with van der Waals surface area (Å²) < 4.78 is 6.88. The van der Waals surface area contributed by atoms with Crippen LogP contribution in [0.15, 0.2) is 61.1 Å². The van der Waals surface area contributed by atoms with Gasteiger partial charge in [0.2, 0.25) is 5.91 Å². The topological polar surface area (TPSA) is 98.1 Å². The summed E-state index contributed by atoms with van der Waals surface area (Å²) in [5.74, 6) is 0.380. The van der Waals surface area contributed by atoms with E-state index in [1.54, 1.807) is 54.5 Å². The normalized spacial score (nSPS) is 11.7. The predicted octanol–water partition coefficient (Wildman–Crippen LogP) is 2.92. The number of pyridine rings is 1. The van der Waals surface area contributed by atoms with Crippen molar-refractivity contribution in [2.24, 2.45) is 5.92 Å². The van der Waals surface area contributed by atoms with Crippen molar-refractivity contribution in [2.75, 3.05) is 12.4 Å². The molecule has 3 aromatic rings. The molecule has 1 aromatic carbocycles. The molecule has 8 heteroatoms. The van der Waals surface area contributed by atoms with E-state index < -0.39 is 6.04 Å². The highest BCUT2D eigenvalue weighted by atomic mass is 16.5. The van der Waals surface area contributed by atoms with Crippen LogP contribution < -0.4 is 15.4 Å². The van der Waals surface area contributed by atoms with Crippen LogP contribution in [0.25, 0.3) is 0 Å². The lowest BCUT2D eigenvalue weighted by Crippen LogP contribution is -2.47. The number of benzene rings is 1. The monoisotopic (exact) mass is 421 g/mol. The minimum atomic E-state index is -0.698. The summed E-state index contributed by atoms with van der Waals surface area (Å²) in [7, 11) is 1.56. The minimum absolute atomic E-state index is 0.101. The van der Waals surface area contributed by atoms with E-state index in [1.807, 2.05) is 32.2 Å². The second kappa shape index (κ2) is 10.4. The summed E-state index contributed by atoms with van der Waals surface area (Å²) in [5, 5.41) is 10.0. The Hall–Kier alpha value is -3.68. The Bertz CT molecular complexity index is 1000. The van der Waals surface area contributed by atoms with Crippen LogP contribution in [0.4, 0.5) is 5.82 Å². The van der Waals surface area contributed by atoms with Crippen molar-refractivity contribution in [3.05, 3.63) is 72.2 Å². The average molecular weight is 422 g/mol. The van der Waals surface area contributed by atoms with Gasteiger partial charge in [0, 0.05) is 36.8 Å². The van der Waals surface area contributed by atoms with Gasteiger partial charge in [0.05, 0.1) is 7.11 Å². The Labute approximate surface area is 181 Å². The quantitative estimate of drug-likeness (QED) is 0.554. The first kappa shape index (κ1) is 22.0. The molecule has 2 N–H and O–H groups in total. The van der Waals surface area contributed by atoms with Crippen molar-refractivity contribution in [3.8, 4) is 5.75 Å². The molecule has 1 unspecified atom stereocenters. The van der Waals surface area contributed by atoms with Crippen LogP contribution in [-0.2, 0) is 17.8 Å². The number of nitrogens with zero attached hydrogens (tertiary/aromatic N) is 3. The molecule has 0 bridgehead atoms. The van der Waals surface area contributed by atoms with Crippen LogP contribution in [-0.4, -0.2) is 39.7 Å². The highest BCUT2D eigenvalue weighted by Crippen LogP contribution is 2.13. The Morgan fingerprint density at radius 2 is 1.77 bits per heavy atom. The number of rotatable bonds is 9. The largest absolute Gasteiger partial charge is 0.497 e. The number of methoxy groups -OCH3 is 1. The van der Waals surface area contributed by atoms with Gasteiger partial charge < -0.3 is 15.4 Å². The van der Waals surface area contributed by atoms with Gasteiger partial charge in [-0.05, 0) is 54.3 Å². The summed E-state index contributed by atoms with van der Waals surface area (Å²) >= 11 is 0. The van der Waals surface area contributed by atoms with Crippen LogP contribution in [0.2, 0.25) is 0 Å². The van der Waals surface area contributed by atoms with Gasteiger partial charge >= 0.3 is 0 Å². The van der Waals surface area contributed by atoms with Crippen molar-refractivity contribution in [2.45, 2.75) is 32.9 Å². The van der Waals surface area contributed by atoms with Gasteiger partial charge in [-0.1, -0.05) is 13.8 Å². The highest BCUT2D eigenvalue weighted by molar-refractivity contribution is 6.01. The highest BCUT2D eigenvalue weighted by Gasteiger charge is 2.25. The van der Waals surface area contributed by atoms with Gasteiger partial charge in [-0.25, -0.2) is 0 Å². The van der Waals surface area contributed by atoms with Gasteiger partial charge in [0.1, 0.15) is 11.8 Å². The third kappa shape index (κ3) is 6.15. The standard InChI is InChI=1S/C23H27N5O3/c1-16(2)21(26-22(29)18-4-6-19(31-3)7-5-18)23(30)25-20-11-15-28(27-20)14-10-17-8-12-24-13-9-17/h4-9,11-13,15-16,21H,10,14H2,1-3H3,(H,26,29)(H,25,27,30). The fraction of sp³-hybridized carbons (Fsp3) is 0.304. The van der Waals surface area contributed by atoms with Gasteiger partial charge in [-0.3, -0.25) is 19.3 Å². The number of amides is 2. The van der Waals surface area contributed by atoms with Crippen molar-refractivity contribution in [1.29, 1.82) is 0 Å². The van der Waals surface area contributed by atoms with E-state index in [0.717, 1.165) is 12.0 Å². The fourth-order valence-corrected chi connectivity index (χ4v) is 3.05. The van der Waals surface area contributed by atoms with Crippen LogP contribution in [0.1, 0.15) is 29.8 Å². The summed E-state index contributed by atoms with van der Waals surface area (Å²) in [5.41, 5.74) is 1.62. The first-order valence-corrected chi connectivity index (χ1v) is 10.1. The molecule has 0 aliphatic carbocycles. The second-order valence-electron chi connectivity index (χ2n) is 7.48. The molecule has 8 nitrogen and oxygen atoms in total. The molecule has 0 fully saturated rings. The number of hydrogen-bond donors (Lipinski definition) is 2. The number of carbonyl (C=O) groups is 2. The first-order chi connectivity index (χ1) is 15.0. The molecule has 0 saturated heterocycles. The molecule has 0 radical (unpaired) electrons. The van der Waals surface area contributed by atoms with Gasteiger partial charge in [0.25, 0.3) is 5.91 Å². The molecule has 0 spiro atoms. The van der Waals surface area contributed by atoms with E-state index in [2.05, 4.69) is 20.7 Å². The smallest absolute Gasteiger partial charge is 0.251 e. The third-order valence-electron chi connectivity index (χ3n) is 4.86. The van der Waals surface area contributed by atoms with Crippen LogP contribution >= 0.6 is 0 Å². The zero-order chi connectivity index (χ0) is 22.2. The van der Waals surface area contributed by atoms with E-state index in [4.69, 9.17) is 4.74 Å². The molecule has 2 aromatic heterocycles. The van der Waals surface area contributed by atoms with Crippen LogP contribution in [0.5, 0.6) is 5.75 Å². The fourth-order valence-electron chi connectivity index (χ4n) is 3.05. The maximum atomic E-state index is 12.8. The lowest BCUT2D eigenvalue weighted by Gasteiger charge is -2.21.